The van der Waals surface area contributed by atoms with Crippen molar-refractivity contribution in [1.29, 1.82) is 0 Å². The lowest BCUT2D eigenvalue weighted by Gasteiger charge is -2.43. The number of fused-ring (bicyclic) bond motifs is 1. The summed E-state index contributed by atoms with van der Waals surface area (Å²) in [5, 5.41) is 20.1. The third-order valence-corrected chi connectivity index (χ3v) is 6.12. The summed E-state index contributed by atoms with van der Waals surface area (Å²) in [6.45, 7) is 2.07. The zero-order valence-corrected chi connectivity index (χ0v) is 16.3. The number of nitrogens with zero attached hydrogens (tertiary/aromatic N) is 2. The van der Waals surface area contributed by atoms with Gasteiger partial charge in [-0.15, -0.1) is 0 Å². The van der Waals surface area contributed by atoms with Crippen LogP contribution in [0.4, 0.5) is 0 Å². The van der Waals surface area contributed by atoms with E-state index in [1.807, 2.05) is 24.4 Å². The van der Waals surface area contributed by atoms with Crippen LogP contribution in [0, 0.1) is 5.92 Å². The second-order valence-corrected chi connectivity index (χ2v) is 8.31. The highest BCUT2D eigenvalue weighted by Crippen LogP contribution is 2.37. The number of aromatic nitrogens is 2. The first-order valence-corrected chi connectivity index (χ1v) is 10.3. The van der Waals surface area contributed by atoms with Crippen molar-refractivity contribution in [3.05, 3.63) is 30.0 Å². The first-order chi connectivity index (χ1) is 14.2. The highest BCUT2D eigenvalue weighted by Gasteiger charge is 2.37. The van der Waals surface area contributed by atoms with Crippen molar-refractivity contribution in [3.8, 4) is 22.8 Å². The Labute approximate surface area is 169 Å². The molecule has 1 aliphatic heterocycles. The van der Waals surface area contributed by atoms with Gasteiger partial charge in [0.15, 0.2) is 11.5 Å². The Morgan fingerprint density at radius 3 is 2.90 bits per heavy atom. The number of nitrogens with one attached hydrogen (secondary N) is 2. The molecule has 0 amide bonds. The van der Waals surface area contributed by atoms with E-state index in [2.05, 4.69) is 20.4 Å². The Morgan fingerprint density at radius 2 is 2.10 bits per heavy atom. The summed E-state index contributed by atoms with van der Waals surface area (Å²) in [5.74, 6) is 1.50. The lowest BCUT2D eigenvalue weighted by molar-refractivity contribution is -0.139. The van der Waals surface area contributed by atoms with E-state index in [0.717, 1.165) is 54.3 Å². The van der Waals surface area contributed by atoms with Gasteiger partial charge in [-0.25, -0.2) is 0 Å². The highest BCUT2D eigenvalue weighted by molar-refractivity contribution is 5.69. The average molecular weight is 398 g/mol. The third kappa shape index (κ3) is 4.09. The molecule has 0 bridgehead atoms. The van der Waals surface area contributed by atoms with Gasteiger partial charge in [0, 0.05) is 36.3 Å². The van der Waals surface area contributed by atoms with Gasteiger partial charge in [0.1, 0.15) is 0 Å². The topological polar surface area (TPSA) is 99.7 Å². The van der Waals surface area contributed by atoms with E-state index in [-0.39, 0.29) is 13.3 Å². The van der Waals surface area contributed by atoms with Gasteiger partial charge in [0.25, 0.3) is 0 Å². The Balaban J connectivity index is 1.16. The number of benzene rings is 1. The first-order valence-electron chi connectivity index (χ1n) is 10.3. The molecule has 5 rings (SSSR count). The minimum atomic E-state index is -0.728. The number of ether oxygens (including phenoxy) is 2. The van der Waals surface area contributed by atoms with Crippen LogP contribution in [-0.4, -0.2) is 58.1 Å². The lowest BCUT2D eigenvalue weighted by Crippen LogP contribution is -2.54. The summed E-state index contributed by atoms with van der Waals surface area (Å²) in [6, 6.07) is 6.69. The van der Waals surface area contributed by atoms with E-state index in [4.69, 9.17) is 9.47 Å². The van der Waals surface area contributed by atoms with Crippen LogP contribution in [0.3, 0.4) is 0 Å². The zero-order valence-electron chi connectivity index (χ0n) is 16.3. The molecule has 0 atom stereocenters. The van der Waals surface area contributed by atoms with Crippen molar-refractivity contribution in [3.63, 3.8) is 0 Å². The van der Waals surface area contributed by atoms with Crippen LogP contribution in [0.15, 0.2) is 24.4 Å². The van der Waals surface area contributed by atoms with Crippen LogP contribution in [0.1, 0.15) is 31.2 Å². The third-order valence-electron chi connectivity index (χ3n) is 6.12. The maximum Gasteiger partial charge on any atom is 0.317 e. The molecule has 3 N–H and O–H groups in total. The molecule has 0 unspecified atom stereocenters. The van der Waals surface area contributed by atoms with Crippen molar-refractivity contribution >= 4 is 5.97 Å². The summed E-state index contributed by atoms with van der Waals surface area (Å²) >= 11 is 0. The fraction of sp³-hybridized carbons (Fsp3) is 0.524. The molecule has 2 heterocycles. The zero-order chi connectivity index (χ0) is 19.8. The van der Waals surface area contributed by atoms with Gasteiger partial charge < -0.3 is 19.9 Å². The highest BCUT2D eigenvalue weighted by atomic mass is 16.7. The van der Waals surface area contributed by atoms with Gasteiger partial charge in [-0.3, -0.25) is 14.8 Å². The predicted octanol–water partition coefficient (Wildman–Crippen LogP) is 2.22. The number of carboxylic acid groups (broad SMARTS) is 1. The Bertz CT molecular complexity index is 889. The summed E-state index contributed by atoms with van der Waals surface area (Å²) in [7, 11) is 0. The molecule has 0 radical (unpaired) electrons. The first kappa shape index (κ1) is 18.4. The maximum absolute atomic E-state index is 11.2. The summed E-state index contributed by atoms with van der Waals surface area (Å²) in [4.78, 5) is 13.3. The smallest absolute Gasteiger partial charge is 0.317 e. The Morgan fingerprint density at radius 1 is 1.28 bits per heavy atom. The number of aliphatic carboxylic acids is 1. The SMILES string of the molecule is O=C(O)CN(CC1CC1)C1CC(NCc2cn[nH]c2-c2ccc3c(c2)OCO3)C1. The molecule has 2 aliphatic carbocycles. The fourth-order valence-electron chi connectivity index (χ4n) is 4.20. The van der Waals surface area contributed by atoms with E-state index in [1.165, 1.54) is 12.8 Å². The monoisotopic (exact) mass is 398 g/mol. The van der Waals surface area contributed by atoms with Crippen LogP contribution in [0.5, 0.6) is 11.5 Å². The van der Waals surface area contributed by atoms with Crippen LogP contribution in [-0.2, 0) is 11.3 Å². The maximum atomic E-state index is 11.2. The van der Waals surface area contributed by atoms with Crippen LogP contribution < -0.4 is 14.8 Å². The van der Waals surface area contributed by atoms with Crippen LogP contribution in [0.25, 0.3) is 11.3 Å². The molecule has 2 fully saturated rings. The molecule has 0 saturated heterocycles. The van der Waals surface area contributed by atoms with Crippen molar-refractivity contribution in [2.45, 2.75) is 44.3 Å². The number of carbonyl (C=O) groups is 1. The molecule has 2 saturated carbocycles. The number of carboxylic acids is 1. The average Bonchev–Trinajstić information content (AvgIpc) is 3.16. The van der Waals surface area contributed by atoms with Crippen LogP contribution >= 0.6 is 0 Å². The van der Waals surface area contributed by atoms with Gasteiger partial charge in [0.05, 0.1) is 18.4 Å². The summed E-state index contributed by atoms with van der Waals surface area (Å²) in [6.07, 6.45) is 6.34. The number of rotatable bonds is 9. The Kier molecular flexibility index (Phi) is 4.89. The molecular formula is C21H26N4O4. The van der Waals surface area contributed by atoms with Gasteiger partial charge in [-0.05, 0) is 49.8 Å². The minimum absolute atomic E-state index is 0.157. The number of aromatic amines is 1. The molecule has 1 aromatic heterocycles. The van der Waals surface area contributed by atoms with E-state index in [0.29, 0.717) is 18.0 Å². The molecule has 1 aromatic carbocycles. The normalized spacial score (nSPS) is 22.7. The van der Waals surface area contributed by atoms with Crippen molar-refractivity contribution in [1.82, 2.24) is 20.4 Å². The second-order valence-electron chi connectivity index (χ2n) is 8.31. The number of hydrogen-bond acceptors (Lipinski definition) is 6. The number of H-pyrrole nitrogens is 1. The standard InChI is InChI=1S/C21H26N4O4/c26-20(27)11-25(10-13-1-2-13)17-6-16(7-17)22-8-15-9-23-24-21(15)14-3-4-18-19(5-14)29-12-28-18/h3-5,9,13,16-17,22H,1-2,6-8,10-12H2,(H,23,24)(H,26,27). The summed E-state index contributed by atoms with van der Waals surface area (Å²) < 4.78 is 10.9. The van der Waals surface area contributed by atoms with Crippen molar-refractivity contribution in [2.24, 2.45) is 5.92 Å². The molecule has 29 heavy (non-hydrogen) atoms. The molecule has 8 nitrogen and oxygen atoms in total. The fourth-order valence-corrected chi connectivity index (χ4v) is 4.20. The van der Waals surface area contributed by atoms with Gasteiger partial charge in [-0.1, -0.05) is 0 Å². The molecule has 3 aliphatic rings. The van der Waals surface area contributed by atoms with E-state index in [9.17, 15) is 9.90 Å². The molecule has 8 heteroatoms. The van der Waals surface area contributed by atoms with Crippen LogP contribution in [0.2, 0.25) is 0 Å². The predicted molar refractivity (Wildman–Crippen MR) is 106 cm³/mol. The molecule has 2 aromatic rings. The molecule has 0 spiro atoms. The number of hydrogen-bond donors (Lipinski definition) is 3. The van der Waals surface area contributed by atoms with E-state index in [1.54, 1.807) is 0 Å². The summed E-state index contributed by atoms with van der Waals surface area (Å²) in [5.41, 5.74) is 3.10. The lowest BCUT2D eigenvalue weighted by atomic mass is 9.85. The van der Waals surface area contributed by atoms with Gasteiger partial charge >= 0.3 is 5.97 Å². The largest absolute Gasteiger partial charge is 0.480 e. The molecule has 154 valence electrons. The van der Waals surface area contributed by atoms with Crippen molar-refractivity contribution in [2.75, 3.05) is 19.9 Å². The Hall–Kier alpha value is -2.58. The molecular weight excluding hydrogens is 372 g/mol. The van der Waals surface area contributed by atoms with E-state index < -0.39 is 5.97 Å². The van der Waals surface area contributed by atoms with Gasteiger partial charge in [0.2, 0.25) is 6.79 Å². The minimum Gasteiger partial charge on any atom is -0.480 e. The van der Waals surface area contributed by atoms with E-state index >= 15 is 0 Å². The van der Waals surface area contributed by atoms with Gasteiger partial charge in [-0.2, -0.15) is 5.10 Å². The second kappa shape index (κ2) is 7.68. The quantitative estimate of drug-likeness (QED) is 0.596. The van der Waals surface area contributed by atoms with Crippen molar-refractivity contribution < 1.29 is 19.4 Å².